The first kappa shape index (κ1) is 18.9. The highest BCUT2D eigenvalue weighted by molar-refractivity contribution is 7.86. The SMILES string of the molecule is C=Cc1ccc(S(=O)(=O)O/N=C(\C)c2c3ccccc3cc3ccccc23)cc1. The zero-order valence-corrected chi connectivity index (χ0v) is 16.7. The van der Waals surface area contributed by atoms with Crippen LogP contribution < -0.4 is 0 Å². The Labute approximate surface area is 169 Å². The minimum Gasteiger partial charge on any atom is -0.265 e. The molecular formula is C24H19NO3S. The molecule has 4 nitrogen and oxygen atoms in total. The first-order chi connectivity index (χ1) is 14.0. The maximum Gasteiger partial charge on any atom is 0.358 e. The van der Waals surface area contributed by atoms with E-state index >= 15 is 0 Å². The summed E-state index contributed by atoms with van der Waals surface area (Å²) in [6, 6.07) is 24.3. The molecule has 0 spiro atoms. The quantitative estimate of drug-likeness (QED) is 0.242. The third-order valence-electron chi connectivity index (χ3n) is 4.81. The lowest BCUT2D eigenvalue weighted by Gasteiger charge is -2.11. The molecule has 0 aliphatic carbocycles. The minimum absolute atomic E-state index is 0.0439. The molecule has 0 heterocycles. The Hall–Kier alpha value is -3.44. The lowest BCUT2D eigenvalue weighted by molar-refractivity contribution is 0.339. The lowest BCUT2D eigenvalue weighted by Crippen LogP contribution is -2.06. The van der Waals surface area contributed by atoms with Crippen LogP contribution >= 0.6 is 0 Å². The highest BCUT2D eigenvalue weighted by Crippen LogP contribution is 2.29. The molecule has 4 aromatic rings. The molecule has 0 bridgehead atoms. The average molecular weight is 401 g/mol. The third-order valence-corrected chi connectivity index (χ3v) is 5.93. The van der Waals surface area contributed by atoms with Crippen LogP contribution in [0, 0.1) is 0 Å². The molecule has 5 heteroatoms. The van der Waals surface area contributed by atoms with Crippen molar-refractivity contribution in [3.05, 3.63) is 96.6 Å². The summed E-state index contributed by atoms with van der Waals surface area (Å²) in [4.78, 5) is 0.0439. The molecule has 0 amide bonds. The zero-order chi connectivity index (χ0) is 20.4. The Morgan fingerprint density at radius 3 is 2.00 bits per heavy atom. The molecule has 0 radical (unpaired) electrons. The van der Waals surface area contributed by atoms with Gasteiger partial charge in [-0.2, -0.15) is 8.42 Å². The van der Waals surface area contributed by atoms with Crippen molar-refractivity contribution in [1.29, 1.82) is 0 Å². The summed E-state index contributed by atoms with van der Waals surface area (Å²) in [6.07, 6.45) is 1.64. The number of benzene rings is 4. The van der Waals surface area contributed by atoms with Gasteiger partial charge in [0.1, 0.15) is 4.90 Å². The second-order valence-electron chi connectivity index (χ2n) is 6.67. The summed E-state index contributed by atoms with van der Waals surface area (Å²) >= 11 is 0. The number of hydrogen-bond acceptors (Lipinski definition) is 4. The van der Waals surface area contributed by atoms with Crippen LogP contribution in [0.25, 0.3) is 27.6 Å². The lowest BCUT2D eigenvalue weighted by atomic mass is 9.94. The second-order valence-corrected chi connectivity index (χ2v) is 8.20. The van der Waals surface area contributed by atoms with E-state index in [2.05, 4.69) is 17.8 Å². The largest absolute Gasteiger partial charge is 0.358 e. The summed E-state index contributed by atoms with van der Waals surface area (Å²) in [5, 5.41) is 8.08. The van der Waals surface area contributed by atoms with E-state index in [-0.39, 0.29) is 4.90 Å². The number of nitrogens with zero attached hydrogens (tertiary/aromatic N) is 1. The molecule has 4 aromatic carbocycles. The van der Waals surface area contributed by atoms with Crippen LogP contribution in [-0.4, -0.2) is 14.1 Å². The fraction of sp³-hybridized carbons (Fsp3) is 0.0417. The fourth-order valence-corrected chi connectivity index (χ4v) is 4.13. The molecule has 0 unspecified atom stereocenters. The van der Waals surface area contributed by atoms with Gasteiger partial charge >= 0.3 is 10.1 Å². The smallest absolute Gasteiger partial charge is 0.265 e. The average Bonchev–Trinajstić information content (AvgIpc) is 2.76. The van der Waals surface area contributed by atoms with Gasteiger partial charge in [-0.25, -0.2) is 0 Å². The Morgan fingerprint density at radius 1 is 0.897 bits per heavy atom. The fourth-order valence-electron chi connectivity index (χ4n) is 3.37. The van der Waals surface area contributed by atoms with Crippen molar-refractivity contribution in [2.45, 2.75) is 11.8 Å². The maximum atomic E-state index is 12.5. The molecule has 0 aliphatic rings. The standard InChI is InChI=1S/C24H19NO3S/c1-3-18-12-14-21(15-13-18)29(26,27)28-25-17(2)24-22-10-6-4-8-19(22)16-20-9-5-7-11-23(20)24/h3-16H,1H2,2H3/b25-17+. The van der Waals surface area contributed by atoms with Gasteiger partial charge in [0, 0.05) is 5.56 Å². The van der Waals surface area contributed by atoms with Crippen LogP contribution in [-0.2, 0) is 14.4 Å². The molecule has 0 aromatic heterocycles. The normalized spacial score (nSPS) is 12.2. The minimum atomic E-state index is -4.02. The summed E-state index contributed by atoms with van der Waals surface area (Å²) in [5.41, 5.74) is 2.17. The Morgan fingerprint density at radius 2 is 1.45 bits per heavy atom. The summed E-state index contributed by atoms with van der Waals surface area (Å²) in [6.45, 7) is 5.42. The number of hydrogen-bond donors (Lipinski definition) is 0. The van der Waals surface area contributed by atoms with E-state index in [1.54, 1.807) is 25.1 Å². The zero-order valence-electron chi connectivity index (χ0n) is 15.9. The molecule has 0 N–H and O–H groups in total. The van der Waals surface area contributed by atoms with Crippen LogP contribution in [0.2, 0.25) is 0 Å². The molecule has 144 valence electrons. The molecule has 0 saturated heterocycles. The molecule has 0 aliphatic heterocycles. The predicted molar refractivity (Wildman–Crippen MR) is 118 cm³/mol. The molecular weight excluding hydrogens is 382 g/mol. The van der Waals surface area contributed by atoms with Crippen LogP contribution in [0.1, 0.15) is 18.1 Å². The summed E-state index contributed by atoms with van der Waals surface area (Å²) < 4.78 is 30.1. The maximum absolute atomic E-state index is 12.5. The van der Waals surface area contributed by atoms with E-state index in [4.69, 9.17) is 4.28 Å². The van der Waals surface area contributed by atoms with Gasteiger partial charge < -0.3 is 0 Å². The number of oxime groups is 1. The molecule has 0 saturated carbocycles. The van der Waals surface area contributed by atoms with Crippen molar-refractivity contribution in [3.8, 4) is 0 Å². The number of fused-ring (bicyclic) bond motifs is 2. The van der Waals surface area contributed by atoms with Crippen molar-refractivity contribution in [3.63, 3.8) is 0 Å². The summed E-state index contributed by atoms with van der Waals surface area (Å²) in [7, 11) is -4.02. The van der Waals surface area contributed by atoms with Crippen LogP contribution in [0.4, 0.5) is 0 Å². The van der Waals surface area contributed by atoms with Gasteiger partial charge in [-0.1, -0.05) is 78.5 Å². The van der Waals surface area contributed by atoms with E-state index in [9.17, 15) is 8.42 Å². The van der Waals surface area contributed by atoms with E-state index in [0.717, 1.165) is 32.7 Å². The molecule has 0 fully saturated rings. The first-order valence-electron chi connectivity index (χ1n) is 9.11. The molecule has 29 heavy (non-hydrogen) atoms. The van der Waals surface area contributed by atoms with Gasteiger partial charge in [0.15, 0.2) is 0 Å². The third kappa shape index (κ3) is 3.65. The van der Waals surface area contributed by atoms with E-state index in [0.29, 0.717) is 5.71 Å². The van der Waals surface area contributed by atoms with E-state index < -0.39 is 10.1 Å². The van der Waals surface area contributed by atoms with Gasteiger partial charge in [0.2, 0.25) is 0 Å². The Balaban J connectivity index is 1.78. The summed E-state index contributed by atoms with van der Waals surface area (Å²) in [5.74, 6) is 0. The second kappa shape index (κ2) is 7.53. The van der Waals surface area contributed by atoms with Gasteiger partial charge in [-0.15, -0.1) is 0 Å². The first-order valence-corrected chi connectivity index (χ1v) is 10.5. The van der Waals surface area contributed by atoms with E-state index in [1.165, 1.54) is 12.1 Å². The van der Waals surface area contributed by atoms with Crippen molar-refractivity contribution < 1.29 is 12.7 Å². The van der Waals surface area contributed by atoms with Gasteiger partial charge in [0.05, 0.1) is 5.71 Å². The van der Waals surface area contributed by atoms with Crippen molar-refractivity contribution in [2.75, 3.05) is 0 Å². The Bertz CT molecular complexity index is 1300. The monoisotopic (exact) mass is 401 g/mol. The molecule has 0 atom stereocenters. The predicted octanol–water partition coefficient (Wildman–Crippen LogP) is 5.77. The van der Waals surface area contributed by atoms with Crippen LogP contribution in [0.5, 0.6) is 0 Å². The van der Waals surface area contributed by atoms with Crippen molar-refractivity contribution in [1.82, 2.24) is 0 Å². The van der Waals surface area contributed by atoms with Crippen molar-refractivity contribution >= 4 is 43.5 Å². The van der Waals surface area contributed by atoms with Crippen LogP contribution in [0.15, 0.2) is 95.5 Å². The van der Waals surface area contributed by atoms with Crippen LogP contribution in [0.3, 0.4) is 0 Å². The highest BCUT2D eigenvalue weighted by atomic mass is 32.2. The van der Waals surface area contributed by atoms with Crippen molar-refractivity contribution in [2.24, 2.45) is 5.16 Å². The highest BCUT2D eigenvalue weighted by Gasteiger charge is 2.17. The van der Waals surface area contributed by atoms with Gasteiger partial charge in [-0.05, 0) is 52.2 Å². The van der Waals surface area contributed by atoms with Gasteiger partial charge in [-0.3, -0.25) is 4.28 Å². The topological polar surface area (TPSA) is 55.7 Å². The van der Waals surface area contributed by atoms with Gasteiger partial charge in [0.25, 0.3) is 0 Å². The Kier molecular flexibility index (Phi) is 4.91. The van der Waals surface area contributed by atoms with E-state index in [1.807, 2.05) is 48.5 Å². The number of rotatable bonds is 5. The molecule has 4 rings (SSSR count).